The average Bonchev–Trinajstić information content (AvgIpc) is 2.77. The van der Waals surface area contributed by atoms with E-state index >= 15 is 0 Å². The fourth-order valence-corrected chi connectivity index (χ4v) is 1.90. The van der Waals surface area contributed by atoms with Crippen molar-refractivity contribution in [3.8, 4) is 0 Å². The van der Waals surface area contributed by atoms with Gasteiger partial charge in [-0.2, -0.15) is 5.17 Å². The second kappa shape index (κ2) is 4.14. The Kier molecular flexibility index (Phi) is 2.47. The van der Waals surface area contributed by atoms with Gasteiger partial charge >= 0.3 is 0 Å². The minimum Gasteiger partial charge on any atom is -0.271 e. The van der Waals surface area contributed by atoms with Crippen molar-refractivity contribution in [3.63, 3.8) is 0 Å². The minimum absolute atomic E-state index is 0.223. The molecule has 0 saturated carbocycles. The predicted molar refractivity (Wildman–Crippen MR) is 67.1 cm³/mol. The lowest BCUT2D eigenvalue weighted by Gasteiger charge is -2.16. The maximum absolute atomic E-state index is 12.3. The molecule has 0 radical (unpaired) electrons. The number of rotatable bonds is 1. The number of nitrogens with zero attached hydrogens (tertiary/aromatic N) is 2. The normalized spacial score (nSPS) is 13.6. The van der Waals surface area contributed by atoms with Crippen LogP contribution in [-0.2, 0) is 0 Å². The van der Waals surface area contributed by atoms with E-state index in [1.165, 1.54) is 5.01 Å². The fraction of sp³-hybridized carbons (Fsp3) is 0. The van der Waals surface area contributed by atoms with Crippen LogP contribution in [0.5, 0.6) is 0 Å². The van der Waals surface area contributed by atoms with Gasteiger partial charge in [0.15, 0.2) is 0 Å². The molecule has 18 heavy (non-hydrogen) atoms. The van der Waals surface area contributed by atoms with E-state index in [0.29, 0.717) is 16.9 Å². The molecule has 0 aliphatic carbocycles. The number of para-hydroxylation sites is 2. The lowest BCUT2D eigenvalue weighted by molar-refractivity contribution is 0.0957. The van der Waals surface area contributed by atoms with Crippen molar-refractivity contribution >= 4 is 17.3 Å². The number of carbonyl (C=O) groups is 1. The highest BCUT2D eigenvalue weighted by atomic mass is 16.6. The van der Waals surface area contributed by atoms with Crippen molar-refractivity contribution in [1.29, 1.82) is 0 Å². The SMILES string of the molecule is O=C(c1ccccc1)N1NN(O)c2ccccc21. The maximum Gasteiger partial charge on any atom is 0.274 e. The van der Waals surface area contributed by atoms with Crippen molar-refractivity contribution in [2.45, 2.75) is 0 Å². The molecular formula is C13H11N3O2. The van der Waals surface area contributed by atoms with Gasteiger partial charge in [-0.05, 0) is 24.3 Å². The zero-order valence-corrected chi connectivity index (χ0v) is 9.45. The van der Waals surface area contributed by atoms with Crippen LogP contribution in [-0.4, -0.2) is 11.1 Å². The van der Waals surface area contributed by atoms with E-state index in [4.69, 9.17) is 0 Å². The zero-order chi connectivity index (χ0) is 12.5. The molecule has 2 aromatic carbocycles. The summed E-state index contributed by atoms with van der Waals surface area (Å²) in [5.41, 5.74) is 4.30. The second-order valence-corrected chi connectivity index (χ2v) is 3.91. The summed E-state index contributed by atoms with van der Waals surface area (Å²) in [4.78, 5) is 12.3. The monoisotopic (exact) mass is 241 g/mol. The summed E-state index contributed by atoms with van der Waals surface area (Å²) in [6.45, 7) is 0. The quantitative estimate of drug-likeness (QED) is 0.801. The van der Waals surface area contributed by atoms with Crippen LogP contribution in [0.25, 0.3) is 0 Å². The van der Waals surface area contributed by atoms with Gasteiger partial charge in [-0.3, -0.25) is 10.0 Å². The Balaban J connectivity index is 1.98. The highest BCUT2D eigenvalue weighted by molar-refractivity contribution is 6.08. The number of anilines is 2. The van der Waals surface area contributed by atoms with E-state index in [2.05, 4.69) is 5.53 Å². The van der Waals surface area contributed by atoms with Crippen LogP contribution in [0, 0.1) is 0 Å². The number of hydrogen-bond donors (Lipinski definition) is 2. The molecule has 1 aliphatic rings. The third-order valence-corrected chi connectivity index (χ3v) is 2.77. The molecule has 1 heterocycles. The standard InChI is InChI=1S/C13H11N3O2/c17-13(10-6-2-1-3-7-10)15-11-8-4-5-9-12(11)16(18)14-15/h1-9,14,18H. The molecule has 0 spiro atoms. The van der Waals surface area contributed by atoms with Gasteiger partial charge in [0, 0.05) is 5.56 Å². The number of hydrogen-bond acceptors (Lipinski definition) is 4. The first-order valence-electron chi connectivity index (χ1n) is 5.51. The van der Waals surface area contributed by atoms with Crippen LogP contribution in [0.2, 0.25) is 0 Å². The number of carbonyl (C=O) groups excluding carboxylic acids is 1. The lowest BCUT2D eigenvalue weighted by atomic mass is 10.2. The minimum atomic E-state index is -0.223. The lowest BCUT2D eigenvalue weighted by Crippen LogP contribution is -2.46. The summed E-state index contributed by atoms with van der Waals surface area (Å²) < 4.78 is 0. The molecule has 0 unspecified atom stereocenters. The molecule has 2 aromatic rings. The van der Waals surface area contributed by atoms with Gasteiger partial charge in [-0.15, -0.1) is 5.53 Å². The number of hydrazine groups is 2. The number of benzene rings is 2. The smallest absolute Gasteiger partial charge is 0.271 e. The fourth-order valence-electron chi connectivity index (χ4n) is 1.90. The molecule has 0 bridgehead atoms. The molecule has 0 saturated heterocycles. The average molecular weight is 241 g/mol. The van der Waals surface area contributed by atoms with Gasteiger partial charge in [-0.1, -0.05) is 30.3 Å². The van der Waals surface area contributed by atoms with Gasteiger partial charge in [-0.25, -0.2) is 5.01 Å². The first-order chi connectivity index (χ1) is 8.77. The highest BCUT2D eigenvalue weighted by Gasteiger charge is 2.29. The Hall–Kier alpha value is -2.37. The maximum atomic E-state index is 12.3. The first-order valence-corrected chi connectivity index (χ1v) is 5.51. The van der Waals surface area contributed by atoms with Crippen molar-refractivity contribution in [2.75, 3.05) is 10.2 Å². The van der Waals surface area contributed by atoms with Crippen LogP contribution in [0.15, 0.2) is 54.6 Å². The summed E-state index contributed by atoms with van der Waals surface area (Å²) in [7, 11) is 0. The Labute approximate surface area is 104 Å². The molecule has 2 N–H and O–H groups in total. The van der Waals surface area contributed by atoms with Gasteiger partial charge in [0.2, 0.25) is 0 Å². The van der Waals surface area contributed by atoms with Crippen molar-refractivity contribution in [1.82, 2.24) is 5.53 Å². The Morgan fingerprint density at radius 2 is 1.56 bits per heavy atom. The topological polar surface area (TPSA) is 55.8 Å². The van der Waals surface area contributed by atoms with E-state index in [0.717, 1.165) is 5.17 Å². The van der Waals surface area contributed by atoms with Crippen LogP contribution < -0.4 is 15.7 Å². The summed E-state index contributed by atoms with van der Waals surface area (Å²) in [6.07, 6.45) is 0. The summed E-state index contributed by atoms with van der Waals surface area (Å²) >= 11 is 0. The van der Waals surface area contributed by atoms with E-state index in [-0.39, 0.29) is 5.91 Å². The third kappa shape index (κ3) is 1.62. The summed E-state index contributed by atoms with van der Waals surface area (Å²) in [5, 5.41) is 11.8. The van der Waals surface area contributed by atoms with Crippen LogP contribution in [0.4, 0.5) is 11.4 Å². The second-order valence-electron chi connectivity index (χ2n) is 3.91. The molecule has 0 atom stereocenters. The first kappa shape index (κ1) is 10.8. The number of fused-ring (bicyclic) bond motifs is 1. The van der Waals surface area contributed by atoms with Crippen molar-refractivity contribution in [3.05, 3.63) is 60.2 Å². The Morgan fingerprint density at radius 1 is 0.944 bits per heavy atom. The van der Waals surface area contributed by atoms with Gasteiger partial charge in [0.25, 0.3) is 5.91 Å². The molecule has 5 nitrogen and oxygen atoms in total. The Morgan fingerprint density at radius 3 is 2.28 bits per heavy atom. The predicted octanol–water partition coefficient (Wildman–Crippen LogP) is 1.96. The van der Waals surface area contributed by atoms with Gasteiger partial charge in [0.05, 0.1) is 5.69 Å². The Bertz CT molecular complexity index is 586. The molecule has 1 amide bonds. The number of nitrogens with one attached hydrogen (secondary N) is 1. The molecule has 3 rings (SSSR count). The molecule has 1 aliphatic heterocycles. The van der Waals surface area contributed by atoms with Gasteiger partial charge < -0.3 is 0 Å². The zero-order valence-electron chi connectivity index (χ0n) is 9.45. The van der Waals surface area contributed by atoms with Crippen LogP contribution >= 0.6 is 0 Å². The van der Waals surface area contributed by atoms with E-state index in [9.17, 15) is 10.0 Å². The highest BCUT2D eigenvalue weighted by Crippen LogP contribution is 2.32. The van der Waals surface area contributed by atoms with E-state index < -0.39 is 0 Å². The van der Waals surface area contributed by atoms with E-state index in [1.807, 2.05) is 12.1 Å². The third-order valence-electron chi connectivity index (χ3n) is 2.77. The van der Waals surface area contributed by atoms with Crippen molar-refractivity contribution < 1.29 is 10.0 Å². The molecular weight excluding hydrogens is 230 g/mol. The van der Waals surface area contributed by atoms with Crippen LogP contribution in [0.3, 0.4) is 0 Å². The molecule has 5 heteroatoms. The summed E-state index contributed by atoms with van der Waals surface area (Å²) in [5.74, 6) is -0.223. The van der Waals surface area contributed by atoms with Gasteiger partial charge in [0.1, 0.15) is 5.69 Å². The molecule has 0 fully saturated rings. The largest absolute Gasteiger partial charge is 0.274 e. The summed E-state index contributed by atoms with van der Waals surface area (Å²) in [6, 6.07) is 16.0. The molecule has 0 aromatic heterocycles. The molecule has 90 valence electrons. The van der Waals surface area contributed by atoms with Crippen molar-refractivity contribution in [2.24, 2.45) is 0 Å². The number of amides is 1. The van der Waals surface area contributed by atoms with E-state index in [1.54, 1.807) is 42.5 Å². The van der Waals surface area contributed by atoms with Crippen LogP contribution in [0.1, 0.15) is 10.4 Å².